The number of sulfone groups is 1. The van der Waals surface area contributed by atoms with Crippen LogP contribution in [0.1, 0.15) is 13.8 Å². The number of rotatable bonds is 1. The van der Waals surface area contributed by atoms with Gasteiger partial charge in [0, 0.05) is 0 Å². The highest BCUT2D eigenvalue weighted by atomic mass is 32.2. The van der Waals surface area contributed by atoms with Gasteiger partial charge < -0.3 is 15.7 Å². The zero-order valence-electron chi connectivity index (χ0n) is 8.75. The molecule has 2 rings (SSSR count). The van der Waals surface area contributed by atoms with Crippen LogP contribution in [0.2, 0.25) is 0 Å². The fourth-order valence-corrected chi connectivity index (χ4v) is 4.52. The van der Waals surface area contributed by atoms with Gasteiger partial charge in [0.05, 0.1) is 0 Å². The maximum atomic E-state index is 12.0. The van der Waals surface area contributed by atoms with Gasteiger partial charge in [-0.2, -0.15) is 0 Å². The third-order valence-electron chi connectivity index (χ3n) is 3.34. The summed E-state index contributed by atoms with van der Waals surface area (Å²) in [5.41, 5.74) is 5.40. The quantitative estimate of drug-likeness (QED) is 0.525. The van der Waals surface area contributed by atoms with Crippen molar-refractivity contribution in [1.82, 2.24) is 4.90 Å². The molecule has 3 atom stereocenters. The van der Waals surface area contributed by atoms with Crippen LogP contribution < -0.4 is 5.73 Å². The predicted molar refractivity (Wildman–Crippen MR) is 53.0 cm³/mol. The molecular weight excluding hydrogens is 236 g/mol. The minimum atomic E-state index is -3.74. The summed E-state index contributed by atoms with van der Waals surface area (Å²) >= 11 is 0. The van der Waals surface area contributed by atoms with Crippen LogP contribution in [0.15, 0.2) is 0 Å². The molecule has 8 heteroatoms. The van der Waals surface area contributed by atoms with E-state index < -0.39 is 43.9 Å². The van der Waals surface area contributed by atoms with Crippen LogP contribution in [0, 0.1) is 0 Å². The largest absolute Gasteiger partial charge is 0.480 e. The normalized spacial score (nSPS) is 39.1. The molecule has 0 spiro atoms. The number of nitrogens with two attached hydrogens (primary N) is 1. The molecule has 0 radical (unpaired) electrons. The summed E-state index contributed by atoms with van der Waals surface area (Å²) in [6, 6.07) is -2.48. The molecule has 0 aliphatic carbocycles. The van der Waals surface area contributed by atoms with E-state index in [1.807, 2.05) is 0 Å². The Morgan fingerprint density at radius 1 is 1.50 bits per heavy atom. The van der Waals surface area contributed by atoms with E-state index in [0.29, 0.717) is 0 Å². The van der Waals surface area contributed by atoms with Crippen LogP contribution in [-0.2, 0) is 19.4 Å². The Balaban J connectivity index is 2.60. The van der Waals surface area contributed by atoms with E-state index >= 15 is 0 Å². The highest BCUT2D eigenvalue weighted by Gasteiger charge is 2.71. The van der Waals surface area contributed by atoms with Crippen LogP contribution in [0.25, 0.3) is 0 Å². The van der Waals surface area contributed by atoms with Crippen LogP contribution in [0.5, 0.6) is 0 Å². The summed E-state index contributed by atoms with van der Waals surface area (Å²) in [6.07, 6.45) is 0. The summed E-state index contributed by atoms with van der Waals surface area (Å²) in [5.74, 6) is -1.94. The van der Waals surface area contributed by atoms with E-state index in [9.17, 15) is 18.0 Å². The molecule has 16 heavy (non-hydrogen) atoms. The van der Waals surface area contributed by atoms with Crippen molar-refractivity contribution in [1.29, 1.82) is 0 Å². The Bertz CT molecular complexity index is 483. The molecule has 1 amide bonds. The third-order valence-corrected chi connectivity index (χ3v) is 6.19. The summed E-state index contributed by atoms with van der Waals surface area (Å²) in [5, 5.41) is 7.82. The Hall–Kier alpha value is -1.15. The lowest BCUT2D eigenvalue weighted by atomic mass is 9.96. The van der Waals surface area contributed by atoms with Gasteiger partial charge in [0.15, 0.2) is 15.2 Å². The molecule has 2 heterocycles. The fourth-order valence-electron chi connectivity index (χ4n) is 2.35. The zero-order valence-corrected chi connectivity index (χ0v) is 9.56. The van der Waals surface area contributed by atoms with Gasteiger partial charge in [-0.1, -0.05) is 0 Å². The lowest BCUT2D eigenvalue weighted by molar-refractivity contribution is -0.159. The lowest BCUT2D eigenvalue weighted by Gasteiger charge is -2.40. The number of hydrogen-bond donors (Lipinski definition) is 2. The number of carboxylic acids is 1. The lowest BCUT2D eigenvalue weighted by Crippen LogP contribution is -2.70. The molecular formula is C8H12N2O5S. The number of fused-ring (bicyclic) bond motifs is 1. The molecule has 90 valence electrons. The molecule has 0 aromatic rings. The van der Waals surface area contributed by atoms with E-state index in [4.69, 9.17) is 10.8 Å². The number of hydrogen-bond acceptors (Lipinski definition) is 5. The van der Waals surface area contributed by atoms with E-state index in [2.05, 4.69) is 0 Å². The van der Waals surface area contributed by atoms with Crippen molar-refractivity contribution in [3.63, 3.8) is 0 Å². The first kappa shape index (κ1) is 11.3. The number of carbonyl (C=O) groups excluding carboxylic acids is 1. The average molecular weight is 248 g/mol. The fraction of sp³-hybridized carbons (Fsp3) is 0.750. The van der Waals surface area contributed by atoms with Gasteiger partial charge in [-0.3, -0.25) is 4.79 Å². The number of β-lactam (4-membered cyclic amide) rings is 1. The zero-order chi connectivity index (χ0) is 12.5. The summed E-state index contributed by atoms with van der Waals surface area (Å²) in [7, 11) is -3.74. The third kappa shape index (κ3) is 0.938. The van der Waals surface area contributed by atoms with Gasteiger partial charge in [0.1, 0.15) is 16.8 Å². The van der Waals surface area contributed by atoms with Crippen LogP contribution in [0.3, 0.4) is 0 Å². The van der Waals surface area contributed by atoms with Crippen molar-refractivity contribution in [3.05, 3.63) is 0 Å². The molecule has 0 unspecified atom stereocenters. The molecule has 0 aromatic carbocycles. The van der Waals surface area contributed by atoms with Crippen molar-refractivity contribution in [2.45, 2.75) is 36.1 Å². The highest BCUT2D eigenvalue weighted by Crippen LogP contribution is 2.45. The standard InChI is InChI=1S/C8H12N2O5S/c1-8(2)4(7(12)13)10-5(11)3(9)6(10)16(8,14)15/h3-4,6H,9H2,1-2H3,(H,12,13)/t3-,4+,6-/m1/s1. The minimum Gasteiger partial charge on any atom is -0.480 e. The Labute approximate surface area is 92.1 Å². The second-order valence-corrected chi connectivity index (χ2v) is 7.18. The van der Waals surface area contributed by atoms with Crippen LogP contribution in [-0.4, -0.2) is 52.5 Å². The highest BCUT2D eigenvalue weighted by molar-refractivity contribution is 7.94. The number of carbonyl (C=O) groups is 2. The second-order valence-electron chi connectivity index (χ2n) is 4.55. The number of amides is 1. The average Bonchev–Trinajstić information content (AvgIpc) is 2.28. The SMILES string of the molecule is CC1(C)[C@H](C(=O)O)N2C(=O)[C@@H](N)[C@H]2S1(=O)=O. The van der Waals surface area contributed by atoms with Crippen LogP contribution >= 0.6 is 0 Å². The first-order chi connectivity index (χ1) is 7.14. The van der Waals surface area contributed by atoms with E-state index in [0.717, 1.165) is 4.90 Å². The molecule has 2 aliphatic heterocycles. The minimum absolute atomic E-state index is 0.619. The molecule has 0 bridgehead atoms. The first-order valence-corrected chi connectivity index (χ1v) is 6.22. The van der Waals surface area contributed by atoms with Crippen LogP contribution in [0.4, 0.5) is 0 Å². The van der Waals surface area contributed by atoms with Gasteiger partial charge in [0.25, 0.3) is 0 Å². The molecule has 2 fully saturated rings. The van der Waals surface area contributed by atoms with Gasteiger partial charge >= 0.3 is 5.97 Å². The molecule has 2 aliphatic rings. The Morgan fingerprint density at radius 3 is 2.44 bits per heavy atom. The Morgan fingerprint density at radius 2 is 2.00 bits per heavy atom. The van der Waals surface area contributed by atoms with Gasteiger partial charge in [0.2, 0.25) is 5.91 Å². The topological polar surface area (TPSA) is 118 Å². The van der Waals surface area contributed by atoms with Crippen molar-refractivity contribution in [3.8, 4) is 0 Å². The maximum absolute atomic E-state index is 12.0. The van der Waals surface area contributed by atoms with Crippen molar-refractivity contribution in [2.75, 3.05) is 0 Å². The second kappa shape index (κ2) is 2.75. The summed E-state index contributed by atoms with van der Waals surface area (Å²) in [6.45, 7) is 2.61. The number of carboxylic acid groups (broad SMARTS) is 1. The predicted octanol–water partition coefficient (Wildman–Crippen LogP) is -1.86. The van der Waals surface area contributed by atoms with E-state index in [1.165, 1.54) is 13.8 Å². The van der Waals surface area contributed by atoms with Gasteiger partial charge in [-0.15, -0.1) is 0 Å². The van der Waals surface area contributed by atoms with Crippen molar-refractivity contribution >= 4 is 21.7 Å². The molecule has 0 aromatic heterocycles. The molecule has 2 saturated heterocycles. The number of aliphatic carboxylic acids is 1. The molecule has 7 nitrogen and oxygen atoms in total. The smallest absolute Gasteiger partial charge is 0.328 e. The van der Waals surface area contributed by atoms with Gasteiger partial charge in [-0.05, 0) is 13.8 Å². The van der Waals surface area contributed by atoms with E-state index in [-0.39, 0.29) is 0 Å². The maximum Gasteiger partial charge on any atom is 0.328 e. The first-order valence-electron chi connectivity index (χ1n) is 4.68. The van der Waals surface area contributed by atoms with Gasteiger partial charge in [-0.25, -0.2) is 13.2 Å². The monoisotopic (exact) mass is 248 g/mol. The summed E-state index contributed by atoms with van der Waals surface area (Å²) in [4.78, 5) is 23.3. The molecule has 3 N–H and O–H groups in total. The molecule has 0 saturated carbocycles. The Kier molecular flexibility index (Phi) is 1.95. The van der Waals surface area contributed by atoms with Crippen molar-refractivity contribution in [2.24, 2.45) is 5.73 Å². The van der Waals surface area contributed by atoms with Crippen molar-refractivity contribution < 1.29 is 23.1 Å². The van der Waals surface area contributed by atoms with E-state index in [1.54, 1.807) is 0 Å². The summed E-state index contributed by atoms with van der Waals surface area (Å²) < 4.78 is 22.5. The number of nitrogens with zero attached hydrogens (tertiary/aromatic N) is 1.